The van der Waals surface area contributed by atoms with Gasteiger partial charge in [-0.2, -0.15) is 0 Å². The molecule has 3 unspecified atom stereocenters. The van der Waals surface area contributed by atoms with Gasteiger partial charge in [-0.3, -0.25) is 4.79 Å². The molecule has 21 heavy (non-hydrogen) atoms. The van der Waals surface area contributed by atoms with E-state index in [0.29, 0.717) is 11.3 Å². The molecule has 0 radical (unpaired) electrons. The smallest absolute Gasteiger partial charge is 0.320 e. The number of nitrogens with one attached hydrogen (secondary N) is 1. The van der Waals surface area contributed by atoms with Gasteiger partial charge in [0.25, 0.3) is 0 Å². The number of carbonyl (C=O) groups is 1. The molecular weight excluding hydrogens is 262 g/mol. The van der Waals surface area contributed by atoms with Gasteiger partial charge in [-0.15, -0.1) is 0 Å². The van der Waals surface area contributed by atoms with Crippen LogP contribution in [0.3, 0.4) is 0 Å². The van der Waals surface area contributed by atoms with Crippen LogP contribution in [0.1, 0.15) is 85.0 Å². The van der Waals surface area contributed by atoms with Gasteiger partial charge in [-0.05, 0) is 37.1 Å². The highest BCUT2D eigenvalue weighted by Crippen LogP contribution is 2.42. The molecule has 1 aliphatic rings. The molecule has 0 aromatic carbocycles. The van der Waals surface area contributed by atoms with Gasteiger partial charge < -0.3 is 10.4 Å². The van der Waals surface area contributed by atoms with E-state index in [1.165, 1.54) is 57.8 Å². The van der Waals surface area contributed by atoms with E-state index in [4.69, 9.17) is 0 Å². The maximum atomic E-state index is 11.2. The maximum Gasteiger partial charge on any atom is 0.320 e. The van der Waals surface area contributed by atoms with Crippen molar-refractivity contribution < 1.29 is 9.90 Å². The molecule has 0 bridgehead atoms. The van der Waals surface area contributed by atoms with Crippen molar-refractivity contribution in [2.45, 2.75) is 91.0 Å². The van der Waals surface area contributed by atoms with Crippen molar-refractivity contribution in [2.24, 2.45) is 11.3 Å². The minimum absolute atomic E-state index is 0.320. The highest BCUT2D eigenvalue weighted by atomic mass is 16.4. The lowest BCUT2D eigenvalue weighted by Gasteiger charge is -2.36. The molecular formula is C18H35NO2. The quantitative estimate of drug-likeness (QED) is 0.548. The Labute approximate surface area is 130 Å². The van der Waals surface area contributed by atoms with Crippen molar-refractivity contribution in [2.75, 3.05) is 6.54 Å². The van der Waals surface area contributed by atoms with E-state index in [0.717, 1.165) is 13.0 Å². The molecule has 0 saturated carbocycles. The van der Waals surface area contributed by atoms with Crippen LogP contribution in [0.5, 0.6) is 0 Å². The molecule has 1 aliphatic heterocycles. The van der Waals surface area contributed by atoms with Crippen LogP contribution in [0, 0.1) is 11.3 Å². The van der Waals surface area contributed by atoms with E-state index in [1.54, 1.807) is 0 Å². The third-order valence-electron chi connectivity index (χ3n) is 5.37. The van der Waals surface area contributed by atoms with Crippen LogP contribution < -0.4 is 5.32 Å². The van der Waals surface area contributed by atoms with E-state index >= 15 is 0 Å². The minimum Gasteiger partial charge on any atom is -0.480 e. The van der Waals surface area contributed by atoms with Crippen molar-refractivity contribution in [3.05, 3.63) is 0 Å². The fraction of sp³-hybridized carbons (Fsp3) is 0.944. The fourth-order valence-corrected chi connectivity index (χ4v) is 3.72. The Morgan fingerprint density at radius 3 is 2.19 bits per heavy atom. The number of carboxylic acids is 1. The van der Waals surface area contributed by atoms with E-state index < -0.39 is 5.97 Å². The zero-order valence-corrected chi connectivity index (χ0v) is 14.3. The van der Waals surface area contributed by atoms with Gasteiger partial charge in [0.2, 0.25) is 0 Å². The molecule has 0 aromatic rings. The molecule has 0 aromatic heterocycles. The highest BCUT2D eigenvalue weighted by molar-refractivity contribution is 5.73. The lowest BCUT2D eigenvalue weighted by molar-refractivity contribution is -0.139. The fourth-order valence-electron chi connectivity index (χ4n) is 3.72. The van der Waals surface area contributed by atoms with Crippen LogP contribution in [-0.2, 0) is 4.79 Å². The summed E-state index contributed by atoms with van der Waals surface area (Å²) in [7, 11) is 0. The summed E-state index contributed by atoms with van der Waals surface area (Å²) in [6.07, 6.45) is 12.4. The summed E-state index contributed by atoms with van der Waals surface area (Å²) in [5.41, 5.74) is 0.320. The van der Waals surface area contributed by atoms with Crippen LogP contribution in [0.25, 0.3) is 0 Å². The second kappa shape index (κ2) is 9.45. The third-order valence-corrected chi connectivity index (χ3v) is 5.37. The molecule has 0 spiro atoms. The van der Waals surface area contributed by atoms with E-state index in [2.05, 4.69) is 26.1 Å². The normalized spacial score (nSPS) is 24.9. The number of rotatable bonds is 11. The highest BCUT2D eigenvalue weighted by Gasteiger charge is 2.40. The van der Waals surface area contributed by atoms with Crippen molar-refractivity contribution in [3.8, 4) is 0 Å². The van der Waals surface area contributed by atoms with Gasteiger partial charge in [0.05, 0.1) is 0 Å². The van der Waals surface area contributed by atoms with Crippen molar-refractivity contribution in [1.29, 1.82) is 0 Å². The largest absolute Gasteiger partial charge is 0.480 e. The molecule has 124 valence electrons. The predicted molar refractivity (Wildman–Crippen MR) is 88.5 cm³/mol. The average Bonchev–Trinajstić information content (AvgIpc) is 2.95. The van der Waals surface area contributed by atoms with E-state index in [1.807, 2.05) is 0 Å². The average molecular weight is 297 g/mol. The Hall–Kier alpha value is -0.570. The monoisotopic (exact) mass is 297 g/mol. The standard InChI is InChI=1S/C18H35NO2/c1-4-6-8-10-12-18(3,11-9-7-5-2)15-13-16(17(20)21)19-14-15/h15-16,19H,4-14H2,1-3H3,(H,20,21). The van der Waals surface area contributed by atoms with E-state index in [-0.39, 0.29) is 6.04 Å². The van der Waals surface area contributed by atoms with Crippen molar-refractivity contribution in [1.82, 2.24) is 5.32 Å². The zero-order chi connectivity index (χ0) is 15.7. The lowest BCUT2D eigenvalue weighted by atomic mass is 9.69. The summed E-state index contributed by atoms with van der Waals surface area (Å²) in [6.45, 7) is 7.79. The summed E-state index contributed by atoms with van der Waals surface area (Å²) < 4.78 is 0. The van der Waals surface area contributed by atoms with Gasteiger partial charge in [0.1, 0.15) is 6.04 Å². The molecule has 0 amide bonds. The van der Waals surface area contributed by atoms with Gasteiger partial charge in [-0.1, -0.05) is 65.7 Å². The Morgan fingerprint density at radius 2 is 1.67 bits per heavy atom. The molecule has 2 N–H and O–H groups in total. The molecule has 1 rings (SSSR count). The van der Waals surface area contributed by atoms with Gasteiger partial charge in [0.15, 0.2) is 0 Å². The Morgan fingerprint density at radius 1 is 1.10 bits per heavy atom. The van der Waals surface area contributed by atoms with Crippen LogP contribution >= 0.6 is 0 Å². The first kappa shape index (κ1) is 18.5. The minimum atomic E-state index is -0.681. The number of hydrogen-bond acceptors (Lipinski definition) is 2. The van der Waals surface area contributed by atoms with Gasteiger partial charge >= 0.3 is 5.97 Å². The first-order valence-corrected chi connectivity index (χ1v) is 8.99. The molecule has 1 heterocycles. The number of carboxylic acid groups (broad SMARTS) is 1. The number of unbranched alkanes of at least 4 members (excludes halogenated alkanes) is 5. The maximum absolute atomic E-state index is 11.2. The Kier molecular flexibility index (Phi) is 8.31. The number of hydrogen-bond donors (Lipinski definition) is 2. The summed E-state index contributed by atoms with van der Waals surface area (Å²) in [5, 5.41) is 12.4. The van der Waals surface area contributed by atoms with Crippen LogP contribution in [0.15, 0.2) is 0 Å². The topological polar surface area (TPSA) is 49.3 Å². The molecule has 1 fully saturated rings. The Balaban J connectivity index is 2.55. The van der Waals surface area contributed by atoms with Crippen LogP contribution in [0.2, 0.25) is 0 Å². The molecule has 0 aliphatic carbocycles. The van der Waals surface area contributed by atoms with Crippen molar-refractivity contribution >= 4 is 5.97 Å². The molecule has 3 heteroatoms. The summed E-state index contributed by atoms with van der Waals surface area (Å²) in [6, 6.07) is -0.323. The molecule has 3 atom stereocenters. The van der Waals surface area contributed by atoms with Gasteiger partial charge in [-0.25, -0.2) is 0 Å². The van der Waals surface area contributed by atoms with Crippen LogP contribution in [-0.4, -0.2) is 23.7 Å². The SMILES string of the molecule is CCCCCCC(C)(CCCCC)C1CNC(C(=O)O)C1. The number of aliphatic carboxylic acids is 1. The zero-order valence-electron chi connectivity index (χ0n) is 14.3. The predicted octanol–water partition coefficient (Wildman–Crippen LogP) is 4.61. The summed E-state index contributed by atoms with van der Waals surface area (Å²) in [5.74, 6) is -0.156. The first-order chi connectivity index (χ1) is 10.0. The summed E-state index contributed by atoms with van der Waals surface area (Å²) in [4.78, 5) is 11.2. The lowest BCUT2D eigenvalue weighted by Crippen LogP contribution is -2.30. The summed E-state index contributed by atoms with van der Waals surface area (Å²) >= 11 is 0. The van der Waals surface area contributed by atoms with Crippen molar-refractivity contribution in [3.63, 3.8) is 0 Å². The second-order valence-electron chi connectivity index (χ2n) is 7.15. The third kappa shape index (κ3) is 5.98. The molecule has 3 nitrogen and oxygen atoms in total. The van der Waals surface area contributed by atoms with Crippen LogP contribution in [0.4, 0.5) is 0 Å². The molecule has 1 saturated heterocycles. The van der Waals surface area contributed by atoms with Gasteiger partial charge in [0, 0.05) is 0 Å². The second-order valence-corrected chi connectivity index (χ2v) is 7.15. The van der Waals surface area contributed by atoms with E-state index in [9.17, 15) is 9.90 Å². The Bertz CT molecular complexity index is 306. The first-order valence-electron chi connectivity index (χ1n) is 8.99.